The van der Waals surface area contributed by atoms with Gasteiger partial charge in [0.1, 0.15) is 6.26 Å². The van der Waals surface area contributed by atoms with Gasteiger partial charge in [0.15, 0.2) is 17.3 Å². The predicted molar refractivity (Wildman–Crippen MR) is 89.0 cm³/mol. The average molecular weight is 296 g/mol. The molecule has 0 heterocycles. The molecule has 114 valence electrons. The first kappa shape index (κ1) is 15.7. The lowest BCUT2D eigenvalue weighted by atomic mass is 10.1. The molecule has 3 nitrogen and oxygen atoms in total. The quantitative estimate of drug-likeness (QED) is 0.558. The van der Waals surface area contributed by atoms with Crippen LogP contribution in [0.25, 0.3) is 5.76 Å². The van der Waals surface area contributed by atoms with E-state index in [4.69, 9.17) is 14.2 Å². The summed E-state index contributed by atoms with van der Waals surface area (Å²) in [4.78, 5) is 0. The minimum Gasteiger partial charge on any atom is -0.493 e. The third-order valence-corrected chi connectivity index (χ3v) is 3.18. The van der Waals surface area contributed by atoms with Gasteiger partial charge in [-0.1, -0.05) is 42.5 Å². The van der Waals surface area contributed by atoms with E-state index in [1.165, 1.54) is 0 Å². The Balaban J connectivity index is 2.22. The Morgan fingerprint density at radius 3 is 2.45 bits per heavy atom. The molecule has 0 bridgehead atoms. The van der Waals surface area contributed by atoms with Gasteiger partial charge in [-0.15, -0.1) is 6.58 Å². The van der Waals surface area contributed by atoms with Gasteiger partial charge in [-0.3, -0.25) is 0 Å². The number of allylic oxidation sites excluding steroid dienone is 1. The van der Waals surface area contributed by atoms with E-state index in [1.807, 2.05) is 54.6 Å². The normalized spacial score (nSPS) is 10.9. The highest BCUT2D eigenvalue weighted by Crippen LogP contribution is 2.29. The van der Waals surface area contributed by atoms with Crippen molar-refractivity contribution in [2.45, 2.75) is 6.42 Å². The monoisotopic (exact) mass is 296 g/mol. The van der Waals surface area contributed by atoms with Crippen molar-refractivity contribution in [1.29, 1.82) is 0 Å². The highest BCUT2D eigenvalue weighted by atomic mass is 16.5. The summed E-state index contributed by atoms with van der Waals surface area (Å²) in [6.07, 6.45) is 4.23. The van der Waals surface area contributed by atoms with Crippen LogP contribution in [-0.4, -0.2) is 14.2 Å². The second-order valence-corrected chi connectivity index (χ2v) is 4.65. The molecular formula is C19H20O3. The molecule has 0 fully saturated rings. The van der Waals surface area contributed by atoms with Crippen molar-refractivity contribution < 1.29 is 14.2 Å². The van der Waals surface area contributed by atoms with Crippen molar-refractivity contribution in [3.05, 3.63) is 78.6 Å². The lowest BCUT2D eigenvalue weighted by Crippen LogP contribution is -1.95. The second-order valence-electron chi connectivity index (χ2n) is 4.65. The maximum atomic E-state index is 5.73. The van der Waals surface area contributed by atoms with Crippen LogP contribution in [0, 0.1) is 0 Å². The van der Waals surface area contributed by atoms with Gasteiger partial charge in [0.25, 0.3) is 0 Å². The molecule has 3 heteroatoms. The van der Waals surface area contributed by atoms with Crippen molar-refractivity contribution in [3.63, 3.8) is 0 Å². The minimum atomic E-state index is 0.640. The Bertz CT molecular complexity index is 645. The largest absolute Gasteiger partial charge is 0.493 e. The highest BCUT2D eigenvalue weighted by Gasteiger charge is 2.06. The third kappa shape index (κ3) is 3.92. The third-order valence-electron chi connectivity index (χ3n) is 3.18. The zero-order chi connectivity index (χ0) is 15.8. The summed E-state index contributed by atoms with van der Waals surface area (Å²) in [5.41, 5.74) is 2.07. The number of benzene rings is 2. The average Bonchev–Trinajstić information content (AvgIpc) is 2.57. The molecule has 2 aromatic carbocycles. The molecule has 0 spiro atoms. The van der Waals surface area contributed by atoms with Crippen molar-refractivity contribution in [3.8, 4) is 11.5 Å². The van der Waals surface area contributed by atoms with E-state index in [0.29, 0.717) is 17.3 Å². The maximum Gasteiger partial charge on any atom is 0.168 e. The first-order valence-corrected chi connectivity index (χ1v) is 7.02. The Morgan fingerprint density at radius 2 is 1.82 bits per heavy atom. The zero-order valence-corrected chi connectivity index (χ0v) is 12.9. The van der Waals surface area contributed by atoms with E-state index >= 15 is 0 Å². The first-order chi connectivity index (χ1) is 10.8. The van der Waals surface area contributed by atoms with Crippen molar-refractivity contribution in [2.24, 2.45) is 0 Å². The summed E-state index contributed by atoms with van der Waals surface area (Å²) in [6, 6.07) is 15.6. The SMILES string of the molecule is C=CCc1ccc(OC=C(OC)c2ccccc2)c(OC)c1. The van der Waals surface area contributed by atoms with Gasteiger partial charge < -0.3 is 14.2 Å². The van der Waals surface area contributed by atoms with Crippen molar-refractivity contribution in [1.82, 2.24) is 0 Å². The Morgan fingerprint density at radius 1 is 1.05 bits per heavy atom. The molecule has 0 aliphatic carbocycles. The van der Waals surface area contributed by atoms with Crippen molar-refractivity contribution in [2.75, 3.05) is 14.2 Å². The van der Waals surface area contributed by atoms with Gasteiger partial charge in [-0.05, 0) is 24.1 Å². The Kier molecular flexibility index (Phi) is 5.66. The summed E-state index contributed by atoms with van der Waals surface area (Å²) in [7, 11) is 3.24. The molecule has 0 unspecified atom stereocenters. The van der Waals surface area contributed by atoms with Gasteiger partial charge in [-0.2, -0.15) is 0 Å². The smallest absolute Gasteiger partial charge is 0.168 e. The standard InChI is InChI=1S/C19H20O3/c1-4-8-15-11-12-17(18(13-15)20-2)22-14-19(21-3)16-9-6-5-7-10-16/h4-7,9-14H,1,8H2,2-3H3. The van der Waals surface area contributed by atoms with E-state index in [0.717, 1.165) is 17.5 Å². The van der Waals surface area contributed by atoms with Gasteiger partial charge in [0, 0.05) is 5.56 Å². The lowest BCUT2D eigenvalue weighted by molar-refractivity contribution is 0.342. The summed E-state index contributed by atoms with van der Waals surface area (Å²) in [5, 5.41) is 0. The fourth-order valence-corrected chi connectivity index (χ4v) is 2.06. The first-order valence-electron chi connectivity index (χ1n) is 7.02. The van der Waals surface area contributed by atoms with Gasteiger partial charge in [-0.25, -0.2) is 0 Å². The number of ether oxygens (including phenoxy) is 3. The minimum absolute atomic E-state index is 0.640. The van der Waals surface area contributed by atoms with E-state index in [1.54, 1.807) is 20.5 Å². The molecule has 2 aromatic rings. The number of rotatable bonds is 7. The predicted octanol–water partition coefficient (Wildman–Crippen LogP) is 4.45. The van der Waals surface area contributed by atoms with Crippen LogP contribution in [-0.2, 0) is 11.2 Å². The van der Waals surface area contributed by atoms with Gasteiger partial charge in [0.2, 0.25) is 0 Å². The molecule has 0 atom stereocenters. The summed E-state index contributed by atoms with van der Waals surface area (Å²) in [5.74, 6) is 1.97. The molecule has 0 saturated carbocycles. The molecule has 0 aliphatic heterocycles. The van der Waals surface area contributed by atoms with Gasteiger partial charge >= 0.3 is 0 Å². The van der Waals surface area contributed by atoms with Crippen LogP contribution in [0.15, 0.2) is 67.4 Å². The highest BCUT2D eigenvalue weighted by molar-refractivity contribution is 5.59. The van der Waals surface area contributed by atoms with Crippen LogP contribution in [0.2, 0.25) is 0 Å². The summed E-state index contributed by atoms with van der Waals surface area (Å²) < 4.78 is 16.5. The van der Waals surface area contributed by atoms with E-state index in [2.05, 4.69) is 6.58 Å². The fourth-order valence-electron chi connectivity index (χ4n) is 2.06. The summed E-state index contributed by atoms with van der Waals surface area (Å²) >= 11 is 0. The molecule has 0 N–H and O–H groups in total. The lowest BCUT2D eigenvalue weighted by Gasteiger charge is -2.11. The molecule has 0 radical (unpaired) electrons. The van der Waals surface area contributed by atoms with Crippen LogP contribution in [0.3, 0.4) is 0 Å². The van der Waals surface area contributed by atoms with Crippen LogP contribution in [0.1, 0.15) is 11.1 Å². The molecule has 0 saturated heterocycles. The maximum absolute atomic E-state index is 5.73. The molecule has 0 amide bonds. The zero-order valence-electron chi connectivity index (χ0n) is 12.9. The number of hydrogen-bond acceptors (Lipinski definition) is 3. The van der Waals surface area contributed by atoms with Crippen LogP contribution in [0.5, 0.6) is 11.5 Å². The summed E-state index contributed by atoms with van der Waals surface area (Å²) in [6.45, 7) is 3.74. The molecular weight excluding hydrogens is 276 g/mol. The Hall–Kier alpha value is -2.68. The van der Waals surface area contributed by atoms with E-state index in [-0.39, 0.29) is 0 Å². The molecule has 0 aromatic heterocycles. The second kappa shape index (κ2) is 7.93. The van der Waals surface area contributed by atoms with E-state index < -0.39 is 0 Å². The molecule has 22 heavy (non-hydrogen) atoms. The Labute approximate surface area is 131 Å². The molecule has 0 aliphatic rings. The van der Waals surface area contributed by atoms with Crippen LogP contribution >= 0.6 is 0 Å². The van der Waals surface area contributed by atoms with Gasteiger partial charge in [0.05, 0.1) is 14.2 Å². The topological polar surface area (TPSA) is 27.7 Å². The van der Waals surface area contributed by atoms with Crippen LogP contribution in [0.4, 0.5) is 0 Å². The van der Waals surface area contributed by atoms with E-state index in [9.17, 15) is 0 Å². The number of methoxy groups -OCH3 is 2. The van der Waals surface area contributed by atoms with Crippen LogP contribution < -0.4 is 9.47 Å². The number of hydrogen-bond donors (Lipinski definition) is 0. The van der Waals surface area contributed by atoms with Crippen molar-refractivity contribution >= 4 is 5.76 Å². The molecule has 2 rings (SSSR count). The fraction of sp³-hybridized carbons (Fsp3) is 0.158.